The Labute approximate surface area is 233 Å². The molecule has 0 amide bonds. The number of piperidine rings is 1. The smallest absolute Gasteiger partial charge is 0.227 e. The number of rotatable bonds is 9. The van der Waals surface area contributed by atoms with Gasteiger partial charge in [0.1, 0.15) is 28.8 Å². The minimum atomic E-state index is -1.08. The molecule has 2 saturated heterocycles. The maximum atomic E-state index is 14.4. The highest BCUT2D eigenvalue weighted by Crippen LogP contribution is 2.37. The summed E-state index contributed by atoms with van der Waals surface area (Å²) in [4.78, 5) is 18.0. The fraction of sp³-hybridized carbons (Fsp3) is 0.552. The van der Waals surface area contributed by atoms with Gasteiger partial charge in [0.2, 0.25) is 5.95 Å². The normalized spacial score (nSPS) is 21.1. The van der Waals surface area contributed by atoms with Crippen LogP contribution in [-0.2, 0) is 15.9 Å². The zero-order chi connectivity index (χ0) is 27.7. The third-order valence-corrected chi connectivity index (χ3v) is 9.58. The van der Waals surface area contributed by atoms with Gasteiger partial charge in [-0.3, -0.25) is 0 Å². The third kappa shape index (κ3) is 6.07. The van der Waals surface area contributed by atoms with Crippen LogP contribution in [0, 0.1) is 5.92 Å². The molecule has 5 rings (SSSR count). The number of fused-ring (bicyclic) bond motifs is 1. The number of alkyl halides is 1. The number of pyridine rings is 1. The number of ether oxygens (including phenoxy) is 1. The van der Waals surface area contributed by atoms with Gasteiger partial charge in [-0.25, -0.2) is 14.4 Å². The topological polar surface area (TPSA) is 89.5 Å². The van der Waals surface area contributed by atoms with E-state index in [1.807, 2.05) is 24.9 Å². The molecule has 8 nitrogen and oxygen atoms in total. The minimum Gasteiger partial charge on any atom is -0.616 e. The highest BCUT2D eigenvalue weighted by Gasteiger charge is 2.33. The molecule has 2 aromatic heterocycles. The van der Waals surface area contributed by atoms with Gasteiger partial charge in [0, 0.05) is 56.1 Å². The van der Waals surface area contributed by atoms with Gasteiger partial charge in [-0.2, -0.15) is 4.98 Å². The van der Waals surface area contributed by atoms with Crippen molar-refractivity contribution in [2.24, 2.45) is 5.92 Å². The zero-order valence-corrected chi connectivity index (χ0v) is 24.2. The van der Waals surface area contributed by atoms with Crippen molar-refractivity contribution in [1.82, 2.24) is 15.0 Å². The summed E-state index contributed by atoms with van der Waals surface area (Å²) in [6.45, 7) is 11.1. The first kappa shape index (κ1) is 27.9. The van der Waals surface area contributed by atoms with Crippen LogP contribution in [0.1, 0.15) is 45.6 Å². The Morgan fingerprint density at radius 2 is 1.87 bits per heavy atom. The second-order valence-electron chi connectivity index (χ2n) is 11.2. The fourth-order valence-corrected chi connectivity index (χ4v) is 6.48. The molecule has 3 aromatic rings. The standard InChI is InChI=1S/C29H39FN6O2S/c1-18(2)21-6-7-25(36-14-20(15-36)17-39(37)19(3)4)23-13-32-28(12-22(21)23)33-27-8-10-31-29(34-27)35-11-9-26(38-5)24(30)16-35/h6-8,10,12-13,18-20,24,26H,9,11,14-17H2,1-5H3,(H,31,32,33,34)/t24-,26+,39?/m0/s1. The van der Waals surface area contributed by atoms with Crippen molar-refractivity contribution in [2.75, 3.05) is 54.2 Å². The molecule has 0 spiro atoms. The van der Waals surface area contributed by atoms with Gasteiger partial charge in [0.05, 0.1) is 12.6 Å². The summed E-state index contributed by atoms with van der Waals surface area (Å²) >= 11 is -0.774. The van der Waals surface area contributed by atoms with E-state index in [0.717, 1.165) is 29.6 Å². The van der Waals surface area contributed by atoms with Crippen LogP contribution in [-0.4, -0.2) is 76.1 Å². The van der Waals surface area contributed by atoms with Crippen LogP contribution in [0.4, 0.5) is 27.7 Å². The van der Waals surface area contributed by atoms with Gasteiger partial charge < -0.3 is 24.4 Å². The van der Waals surface area contributed by atoms with Gasteiger partial charge in [-0.15, -0.1) is 0 Å². The Balaban J connectivity index is 1.35. The van der Waals surface area contributed by atoms with Crippen LogP contribution in [0.5, 0.6) is 0 Å². The van der Waals surface area contributed by atoms with E-state index in [2.05, 4.69) is 52.2 Å². The number of nitrogens with zero attached hydrogens (tertiary/aromatic N) is 5. The van der Waals surface area contributed by atoms with Gasteiger partial charge in [0.25, 0.3) is 0 Å². The third-order valence-electron chi connectivity index (χ3n) is 7.72. The van der Waals surface area contributed by atoms with Gasteiger partial charge in [-0.05, 0) is 55.3 Å². The molecule has 0 radical (unpaired) electrons. The Kier molecular flexibility index (Phi) is 8.44. The van der Waals surface area contributed by atoms with Crippen LogP contribution in [0.25, 0.3) is 10.8 Å². The van der Waals surface area contributed by atoms with E-state index in [-0.39, 0.29) is 17.9 Å². The molecule has 2 aliphatic rings. The van der Waals surface area contributed by atoms with Crippen LogP contribution >= 0.6 is 0 Å². The quantitative estimate of drug-likeness (QED) is 0.368. The van der Waals surface area contributed by atoms with Crippen molar-refractivity contribution in [2.45, 2.75) is 57.6 Å². The first-order valence-corrected chi connectivity index (χ1v) is 15.2. The van der Waals surface area contributed by atoms with E-state index in [1.165, 1.54) is 11.3 Å². The van der Waals surface area contributed by atoms with Crippen LogP contribution < -0.4 is 15.1 Å². The lowest BCUT2D eigenvalue weighted by Crippen LogP contribution is -2.50. The molecule has 0 aliphatic carbocycles. The zero-order valence-electron chi connectivity index (χ0n) is 23.4. The number of methoxy groups -OCH3 is 1. The van der Waals surface area contributed by atoms with E-state index in [0.29, 0.717) is 42.4 Å². The van der Waals surface area contributed by atoms with E-state index in [1.54, 1.807) is 19.4 Å². The summed E-state index contributed by atoms with van der Waals surface area (Å²) in [5.41, 5.74) is 2.43. The average Bonchev–Trinajstić information content (AvgIpc) is 2.89. The largest absolute Gasteiger partial charge is 0.616 e. The molecule has 0 saturated carbocycles. The number of anilines is 4. The van der Waals surface area contributed by atoms with Crippen LogP contribution in [0.15, 0.2) is 36.7 Å². The Morgan fingerprint density at radius 3 is 2.56 bits per heavy atom. The van der Waals surface area contributed by atoms with Crippen molar-refractivity contribution in [3.05, 3.63) is 42.2 Å². The molecule has 210 valence electrons. The number of nitrogens with one attached hydrogen (secondary N) is 1. The molecular weight excluding hydrogens is 515 g/mol. The van der Waals surface area contributed by atoms with Crippen LogP contribution in [0.2, 0.25) is 0 Å². The summed E-state index contributed by atoms with van der Waals surface area (Å²) in [5, 5.41) is 5.81. The van der Waals surface area contributed by atoms with Crippen molar-refractivity contribution in [3.8, 4) is 0 Å². The molecular formula is C29H39FN6O2S. The lowest BCUT2D eigenvalue weighted by Gasteiger charge is -2.41. The van der Waals surface area contributed by atoms with Crippen LogP contribution in [0.3, 0.4) is 0 Å². The molecule has 1 aromatic carbocycles. The summed E-state index contributed by atoms with van der Waals surface area (Å²) < 4.78 is 32.0. The average molecular weight is 555 g/mol. The molecule has 10 heteroatoms. The van der Waals surface area contributed by atoms with Gasteiger partial charge >= 0.3 is 0 Å². The Hall–Kier alpha value is -2.69. The number of hydrogen-bond donors (Lipinski definition) is 1. The fourth-order valence-electron chi connectivity index (χ4n) is 5.42. The van der Waals surface area contributed by atoms with Gasteiger partial charge in [0.15, 0.2) is 0 Å². The summed E-state index contributed by atoms with van der Waals surface area (Å²) in [6, 6.07) is 8.29. The van der Waals surface area contributed by atoms with Crippen molar-refractivity contribution in [3.63, 3.8) is 0 Å². The summed E-state index contributed by atoms with van der Waals surface area (Å²) in [5.74, 6) is 3.38. The van der Waals surface area contributed by atoms with E-state index in [4.69, 9.17) is 9.72 Å². The molecule has 3 atom stereocenters. The monoisotopic (exact) mass is 554 g/mol. The second kappa shape index (κ2) is 11.8. The van der Waals surface area contributed by atoms with E-state index in [9.17, 15) is 8.94 Å². The summed E-state index contributed by atoms with van der Waals surface area (Å²) in [6.07, 6.45) is 2.76. The number of aromatic nitrogens is 3. The molecule has 1 unspecified atom stereocenters. The molecule has 39 heavy (non-hydrogen) atoms. The molecule has 1 N–H and O–H groups in total. The maximum Gasteiger partial charge on any atom is 0.227 e. The molecule has 4 heterocycles. The molecule has 2 aliphatic heterocycles. The van der Waals surface area contributed by atoms with Crippen molar-refractivity contribution < 1.29 is 13.7 Å². The molecule has 2 fully saturated rings. The lowest BCUT2D eigenvalue weighted by molar-refractivity contribution is 0.0194. The SMILES string of the molecule is CO[C@@H]1CCN(c2nccc(Nc3cc4c(C(C)C)ccc(N5CC(C[S+]([O-])C(C)C)C5)c4cn3)n2)C[C@@H]1F. The highest BCUT2D eigenvalue weighted by atomic mass is 32.2. The van der Waals surface area contributed by atoms with E-state index >= 15 is 0 Å². The number of halogens is 1. The van der Waals surface area contributed by atoms with Crippen molar-refractivity contribution >= 4 is 45.2 Å². The minimum absolute atomic E-state index is 0.203. The highest BCUT2D eigenvalue weighted by molar-refractivity contribution is 7.91. The second-order valence-corrected chi connectivity index (χ2v) is 13.2. The number of benzene rings is 1. The molecule has 0 bridgehead atoms. The number of hydrogen-bond acceptors (Lipinski definition) is 8. The summed E-state index contributed by atoms with van der Waals surface area (Å²) in [7, 11) is 1.55. The first-order valence-electron chi connectivity index (χ1n) is 13.8. The first-order chi connectivity index (χ1) is 18.7. The van der Waals surface area contributed by atoms with E-state index < -0.39 is 17.3 Å². The Bertz CT molecular complexity index is 1290. The maximum absolute atomic E-state index is 14.4. The van der Waals surface area contributed by atoms with Gasteiger partial charge in [-0.1, -0.05) is 31.1 Å². The Morgan fingerprint density at radius 1 is 1.08 bits per heavy atom. The van der Waals surface area contributed by atoms with Crippen molar-refractivity contribution in [1.29, 1.82) is 0 Å². The lowest BCUT2D eigenvalue weighted by atomic mass is 9.93. The predicted octanol–water partition coefficient (Wildman–Crippen LogP) is 5.05. The predicted molar refractivity (Wildman–Crippen MR) is 158 cm³/mol.